The largest absolute Gasteiger partial charge is 0.299 e. The second-order valence-corrected chi connectivity index (χ2v) is 6.32. The number of Topliss-reactive ketones (excluding diaryl/α,β-unsaturated/α-hetero) is 1. The van der Waals surface area contributed by atoms with E-state index in [-0.39, 0.29) is 0 Å². The fraction of sp³-hybridized carbons (Fsp3) is 0.933. The van der Waals surface area contributed by atoms with Gasteiger partial charge in [-0.2, -0.15) is 0 Å². The van der Waals surface area contributed by atoms with Crippen LogP contribution in [0.1, 0.15) is 65.2 Å². The molecule has 1 heteroatoms. The molecule has 0 N–H and O–H groups in total. The summed E-state index contributed by atoms with van der Waals surface area (Å²) in [5.74, 6) is 3.68. The molecule has 2 rings (SSSR count). The molecule has 0 spiro atoms. The molecule has 16 heavy (non-hydrogen) atoms. The topological polar surface area (TPSA) is 17.1 Å². The van der Waals surface area contributed by atoms with Gasteiger partial charge in [0.15, 0.2) is 0 Å². The Morgan fingerprint density at radius 2 is 1.81 bits per heavy atom. The summed E-state index contributed by atoms with van der Waals surface area (Å²) < 4.78 is 0. The minimum Gasteiger partial charge on any atom is -0.299 e. The van der Waals surface area contributed by atoms with Gasteiger partial charge in [0.2, 0.25) is 0 Å². The molecule has 1 unspecified atom stereocenters. The molecule has 92 valence electrons. The zero-order chi connectivity index (χ0) is 11.5. The lowest BCUT2D eigenvalue weighted by molar-refractivity contribution is -0.121. The zero-order valence-electron chi connectivity index (χ0n) is 10.9. The van der Waals surface area contributed by atoms with Crippen LogP contribution in [-0.4, -0.2) is 5.78 Å². The first-order valence-corrected chi connectivity index (χ1v) is 7.19. The maximum Gasteiger partial charge on any atom is 0.135 e. The smallest absolute Gasteiger partial charge is 0.135 e. The van der Waals surface area contributed by atoms with Gasteiger partial charge in [0.1, 0.15) is 5.78 Å². The van der Waals surface area contributed by atoms with E-state index in [9.17, 15) is 4.79 Å². The van der Waals surface area contributed by atoms with Crippen molar-refractivity contribution in [1.29, 1.82) is 0 Å². The fourth-order valence-electron chi connectivity index (χ4n) is 3.63. The molecule has 0 saturated heterocycles. The highest BCUT2D eigenvalue weighted by molar-refractivity contribution is 5.82. The van der Waals surface area contributed by atoms with Gasteiger partial charge in [-0.25, -0.2) is 0 Å². The monoisotopic (exact) mass is 222 g/mol. The second kappa shape index (κ2) is 5.33. The molecule has 2 fully saturated rings. The van der Waals surface area contributed by atoms with Gasteiger partial charge in [-0.1, -0.05) is 26.7 Å². The van der Waals surface area contributed by atoms with E-state index in [2.05, 4.69) is 13.8 Å². The van der Waals surface area contributed by atoms with Crippen LogP contribution < -0.4 is 0 Å². The maximum absolute atomic E-state index is 11.6. The van der Waals surface area contributed by atoms with Crippen LogP contribution in [0, 0.1) is 23.7 Å². The van der Waals surface area contributed by atoms with E-state index >= 15 is 0 Å². The maximum atomic E-state index is 11.6. The van der Waals surface area contributed by atoms with Crippen LogP contribution in [0.25, 0.3) is 0 Å². The molecule has 2 aliphatic carbocycles. The summed E-state index contributed by atoms with van der Waals surface area (Å²) >= 11 is 0. The predicted octanol–water partition coefficient (Wildman–Crippen LogP) is 4.21. The van der Waals surface area contributed by atoms with Crippen molar-refractivity contribution in [2.75, 3.05) is 0 Å². The van der Waals surface area contributed by atoms with Crippen LogP contribution in [0.3, 0.4) is 0 Å². The van der Waals surface area contributed by atoms with E-state index < -0.39 is 0 Å². The first-order valence-electron chi connectivity index (χ1n) is 7.19. The summed E-state index contributed by atoms with van der Waals surface area (Å²) in [5.41, 5.74) is 0. The molecular formula is C15H26O. The van der Waals surface area contributed by atoms with Crippen LogP contribution in [-0.2, 0) is 4.79 Å². The highest BCUT2D eigenvalue weighted by Gasteiger charge is 2.30. The van der Waals surface area contributed by atoms with Crippen molar-refractivity contribution in [2.24, 2.45) is 23.7 Å². The zero-order valence-corrected chi connectivity index (χ0v) is 10.9. The van der Waals surface area contributed by atoms with E-state index in [0.29, 0.717) is 11.7 Å². The van der Waals surface area contributed by atoms with Gasteiger partial charge >= 0.3 is 0 Å². The summed E-state index contributed by atoms with van der Waals surface area (Å²) in [7, 11) is 0. The molecule has 0 aliphatic heterocycles. The van der Waals surface area contributed by atoms with Gasteiger partial charge in [-0.05, 0) is 49.9 Å². The van der Waals surface area contributed by atoms with Crippen LogP contribution in [0.15, 0.2) is 0 Å². The summed E-state index contributed by atoms with van der Waals surface area (Å²) in [6.07, 6.45) is 10.00. The van der Waals surface area contributed by atoms with Crippen molar-refractivity contribution in [2.45, 2.75) is 65.2 Å². The van der Waals surface area contributed by atoms with Gasteiger partial charge in [0.25, 0.3) is 0 Å². The van der Waals surface area contributed by atoms with E-state index in [1.165, 1.54) is 38.5 Å². The Balaban J connectivity index is 1.75. The number of rotatable bonds is 3. The minimum atomic E-state index is 0.445. The van der Waals surface area contributed by atoms with Crippen molar-refractivity contribution in [3.05, 3.63) is 0 Å². The number of hydrogen-bond acceptors (Lipinski definition) is 1. The van der Waals surface area contributed by atoms with Gasteiger partial charge in [-0.15, -0.1) is 0 Å². The second-order valence-electron chi connectivity index (χ2n) is 6.32. The lowest BCUT2D eigenvalue weighted by atomic mass is 9.74. The molecular weight excluding hydrogens is 196 g/mol. The third-order valence-corrected chi connectivity index (χ3v) is 4.88. The van der Waals surface area contributed by atoms with Crippen LogP contribution in [0.2, 0.25) is 0 Å². The molecule has 0 aromatic heterocycles. The van der Waals surface area contributed by atoms with Crippen LogP contribution >= 0.6 is 0 Å². The number of carbonyl (C=O) groups excluding carboxylic acids is 1. The minimum absolute atomic E-state index is 0.445. The quantitative estimate of drug-likeness (QED) is 0.699. The number of carbonyl (C=O) groups is 1. The standard InChI is InChI=1S/C15H26O/c1-11(2)13-8-6-12(7-9-13)10-14-4-3-5-15(14)16/h11-14H,3-10H2,1-2H3. The highest BCUT2D eigenvalue weighted by Crippen LogP contribution is 2.38. The SMILES string of the molecule is CC(C)C1CCC(CC2CCCC2=O)CC1. The van der Waals surface area contributed by atoms with Crippen molar-refractivity contribution < 1.29 is 4.79 Å². The Bertz CT molecular complexity index is 236. The molecule has 0 amide bonds. The lowest BCUT2D eigenvalue weighted by Crippen LogP contribution is -2.21. The lowest BCUT2D eigenvalue weighted by Gasteiger charge is -2.31. The third kappa shape index (κ3) is 2.87. The first-order chi connectivity index (χ1) is 7.66. The normalized spacial score (nSPS) is 35.9. The van der Waals surface area contributed by atoms with Crippen molar-refractivity contribution in [1.82, 2.24) is 0 Å². The predicted molar refractivity (Wildman–Crippen MR) is 67.3 cm³/mol. The molecule has 0 bridgehead atoms. The summed E-state index contributed by atoms with van der Waals surface area (Å²) in [6, 6.07) is 0. The molecule has 0 radical (unpaired) electrons. The van der Waals surface area contributed by atoms with Crippen LogP contribution in [0.4, 0.5) is 0 Å². The Kier molecular flexibility index (Phi) is 4.05. The Labute approximate surface area is 100.0 Å². The summed E-state index contributed by atoms with van der Waals surface area (Å²) in [6.45, 7) is 4.71. The van der Waals surface area contributed by atoms with Crippen LogP contribution in [0.5, 0.6) is 0 Å². The number of hydrogen-bond donors (Lipinski definition) is 0. The van der Waals surface area contributed by atoms with Gasteiger partial charge in [0, 0.05) is 12.3 Å². The molecule has 2 aliphatic rings. The Hall–Kier alpha value is -0.330. The van der Waals surface area contributed by atoms with Gasteiger partial charge < -0.3 is 0 Å². The number of ketones is 1. The van der Waals surface area contributed by atoms with Crippen molar-refractivity contribution >= 4 is 5.78 Å². The first kappa shape index (κ1) is 12.1. The average Bonchev–Trinajstić information content (AvgIpc) is 2.65. The molecule has 0 aromatic carbocycles. The van der Waals surface area contributed by atoms with E-state index in [0.717, 1.165) is 30.6 Å². The van der Waals surface area contributed by atoms with E-state index in [1.54, 1.807) is 0 Å². The summed E-state index contributed by atoms with van der Waals surface area (Å²) in [5, 5.41) is 0. The molecule has 1 atom stereocenters. The van der Waals surface area contributed by atoms with Crippen molar-refractivity contribution in [3.63, 3.8) is 0 Å². The fourth-order valence-corrected chi connectivity index (χ4v) is 3.63. The molecule has 1 nitrogen and oxygen atoms in total. The molecule has 2 saturated carbocycles. The van der Waals surface area contributed by atoms with Gasteiger partial charge in [-0.3, -0.25) is 4.79 Å². The average molecular weight is 222 g/mol. The molecule has 0 aromatic rings. The van der Waals surface area contributed by atoms with Crippen molar-refractivity contribution in [3.8, 4) is 0 Å². The third-order valence-electron chi connectivity index (χ3n) is 4.88. The van der Waals surface area contributed by atoms with E-state index in [4.69, 9.17) is 0 Å². The Morgan fingerprint density at radius 3 is 2.31 bits per heavy atom. The van der Waals surface area contributed by atoms with Gasteiger partial charge in [0.05, 0.1) is 0 Å². The molecule has 0 heterocycles. The Morgan fingerprint density at radius 1 is 1.12 bits per heavy atom. The summed E-state index contributed by atoms with van der Waals surface area (Å²) in [4.78, 5) is 11.6. The highest BCUT2D eigenvalue weighted by atomic mass is 16.1. The van der Waals surface area contributed by atoms with E-state index in [1.807, 2.05) is 0 Å².